The smallest absolute Gasteiger partial charge is 0.308 e. The molecule has 5 nitrogen and oxygen atoms in total. The third-order valence-electron chi connectivity index (χ3n) is 5.48. The van der Waals surface area contributed by atoms with E-state index in [1.807, 2.05) is 25.1 Å². The summed E-state index contributed by atoms with van der Waals surface area (Å²) in [6, 6.07) is 7.13. The maximum Gasteiger partial charge on any atom is 0.308 e. The number of amides is 1. The van der Waals surface area contributed by atoms with E-state index in [-0.39, 0.29) is 11.9 Å². The highest BCUT2D eigenvalue weighted by molar-refractivity contribution is 6.31. The minimum Gasteiger partial charge on any atom is -0.481 e. The Kier molecular flexibility index (Phi) is 4.83. The van der Waals surface area contributed by atoms with Gasteiger partial charge in [-0.2, -0.15) is 0 Å². The van der Waals surface area contributed by atoms with Crippen LogP contribution in [0.15, 0.2) is 24.3 Å². The number of benzene rings is 1. The Balaban J connectivity index is 1.97. The fraction of sp³-hybridized carbons (Fsp3) is 0.556. The molecule has 2 heterocycles. The van der Waals surface area contributed by atoms with E-state index in [1.165, 1.54) is 0 Å². The monoisotopic (exact) mass is 351 g/mol. The van der Waals surface area contributed by atoms with E-state index in [0.29, 0.717) is 44.0 Å². The minimum atomic E-state index is -0.837. The second kappa shape index (κ2) is 6.73. The van der Waals surface area contributed by atoms with Gasteiger partial charge in [-0.1, -0.05) is 29.8 Å². The third kappa shape index (κ3) is 2.80. The van der Waals surface area contributed by atoms with Crippen molar-refractivity contribution in [3.8, 4) is 0 Å². The summed E-state index contributed by atoms with van der Waals surface area (Å²) in [4.78, 5) is 26.6. The van der Waals surface area contributed by atoms with Crippen LogP contribution >= 0.6 is 11.6 Å². The molecule has 0 aliphatic carbocycles. The average molecular weight is 352 g/mol. The van der Waals surface area contributed by atoms with E-state index in [9.17, 15) is 14.7 Å². The van der Waals surface area contributed by atoms with Crippen molar-refractivity contribution in [2.75, 3.05) is 19.8 Å². The standard InChI is InChI=1S/C18H22ClNO4/c1-12-13(16(21)22)6-9-20(12)17(23)18(7-10-24-11-8-18)14-4-2-3-5-15(14)19/h2-5,12-13H,6-11H2,1H3,(H,21,22). The summed E-state index contributed by atoms with van der Waals surface area (Å²) in [5, 5.41) is 9.92. The van der Waals surface area contributed by atoms with Crippen molar-refractivity contribution in [2.45, 2.75) is 37.6 Å². The van der Waals surface area contributed by atoms with Gasteiger partial charge in [0.05, 0.1) is 11.3 Å². The van der Waals surface area contributed by atoms with E-state index < -0.39 is 17.3 Å². The topological polar surface area (TPSA) is 66.8 Å². The lowest BCUT2D eigenvalue weighted by Crippen LogP contribution is -2.51. The number of likely N-dealkylation sites (tertiary alicyclic amines) is 1. The summed E-state index contributed by atoms with van der Waals surface area (Å²) in [7, 11) is 0. The van der Waals surface area contributed by atoms with E-state index >= 15 is 0 Å². The second-order valence-electron chi connectivity index (χ2n) is 6.65. The number of aliphatic carboxylic acids is 1. The highest BCUT2D eigenvalue weighted by atomic mass is 35.5. The molecule has 2 aliphatic heterocycles. The zero-order valence-corrected chi connectivity index (χ0v) is 14.5. The molecule has 0 saturated carbocycles. The summed E-state index contributed by atoms with van der Waals surface area (Å²) >= 11 is 6.41. The van der Waals surface area contributed by atoms with Gasteiger partial charge >= 0.3 is 5.97 Å². The molecular formula is C18H22ClNO4. The fourth-order valence-electron chi connectivity index (χ4n) is 4.00. The van der Waals surface area contributed by atoms with Crippen LogP contribution in [-0.4, -0.2) is 47.7 Å². The van der Waals surface area contributed by atoms with Gasteiger partial charge < -0.3 is 14.7 Å². The van der Waals surface area contributed by atoms with Gasteiger partial charge in [0.2, 0.25) is 5.91 Å². The van der Waals surface area contributed by atoms with Gasteiger partial charge in [0.25, 0.3) is 0 Å². The maximum absolute atomic E-state index is 13.5. The molecular weight excluding hydrogens is 330 g/mol. The van der Waals surface area contributed by atoms with Crippen molar-refractivity contribution >= 4 is 23.5 Å². The van der Waals surface area contributed by atoms with Crippen molar-refractivity contribution in [1.29, 1.82) is 0 Å². The van der Waals surface area contributed by atoms with Crippen molar-refractivity contribution in [2.24, 2.45) is 5.92 Å². The first kappa shape index (κ1) is 17.2. The number of hydrogen-bond acceptors (Lipinski definition) is 3. The Bertz CT molecular complexity index is 642. The number of ether oxygens (including phenoxy) is 1. The first-order chi connectivity index (χ1) is 11.5. The molecule has 2 unspecified atom stereocenters. The predicted octanol–water partition coefficient (Wildman–Crippen LogP) is 2.71. The largest absolute Gasteiger partial charge is 0.481 e. The molecule has 24 heavy (non-hydrogen) atoms. The van der Waals surface area contributed by atoms with Gasteiger partial charge in [-0.05, 0) is 37.8 Å². The van der Waals surface area contributed by atoms with Crippen LogP contribution in [0.4, 0.5) is 0 Å². The molecule has 0 bridgehead atoms. The molecule has 3 rings (SSSR count). The lowest BCUT2D eigenvalue weighted by molar-refractivity contribution is -0.145. The van der Waals surface area contributed by atoms with Crippen LogP contribution in [-0.2, 0) is 19.7 Å². The zero-order valence-electron chi connectivity index (χ0n) is 13.7. The Hall–Kier alpha value is -1.59. The van der Waals surface area contributed by atoms with Crippen LogP contribution in [0.1, 0.15) is 31.7 Å². The van der Waals surface area contributed by atoms with Crippen LogP contribution in [0, 0.1) is 5.92 Å². The zero-order chi connectivity index (χ0) is 17.3. The highest BCUT2D eigenvalue weighted by Crippen LogP contribution is 2.42. The number of carbonyl (C=O) groups is 2. The third-order valence-corrected chi connectivity index (χ3v) is 5.81. The summed E-state index contributed by atoms with van der Waals surface area (Å²) in [6.07, 6.45) is 1.63. The quantitative estimate of drug-likeness (QED) is 0.909. The van der Waals surface area contributed by atoms with Crippen LogP contribution in [0.25, 0.3) is 0 Å². The molecule has 0 radical (unpaired) electrons. The molecule has 0 aromatic heterocycles. The number of carboxylic acids is 1. The Morgan fingerprint density at radius 1 is 1.29 bits per heavy atom. The normalized spacial score (nSPS) is 26.3. The van der Waals surface area contributed by atoms with Gasteiger partial charge in [-0.3, -0.25) is 9.59 Å². The molecule has 2 atom stereocenters. The van der Waals surface area contributed by atoms with Crippen molar-refractivity contribution < 1.29 is 19.4 Å². The first-order valence-electron chi connectivity index (χ1n) is 8.34. The molecule has 130 valence electrons. The molecule has 1 aromatic carbocycles. The molecule has 2 fully saturated rings. The lowest BCUT2D eigenvalue weighted by Gasteiger charge is -2.41. The number of nitrogens with zero attached hydrogens (tertiary/aromatic N) is 1. The summed E-state index contributed by atoms with van der Waals surface area (Å²) in [5.74, 6) is -1.36. The van der Waals surface area contributed by atoms with E-state index in [1.54, 1.807) is 11.0 Å². The van der Waals surface area contributed by atoms with Crippen molar-refractivity contribution in [3.63, 3.8) is 0 Å². The summed E-state index contributed by atoms with van der Waals surface area (Å²) in [5.41, 5.74) is 0.101. The molecule has 6 heteroatoms. The summed E-state index contributed by atoms with van der Waals surface area (Å²) < 4.78 is 5.48. The molecule has 1 amide bonds. The van der Waals surface area contributed by atoms with E-state index in [0.717, 1.165) is 5.56 Å². The van der Waals surface area contributed by atoms with Crippen LogP contribution in [0.5, 0.6) is 0 Å². The average Bonchev–Trinajstić information content (AvgIpc) is 2.97. The van der Waals surface area contributed by atoms with E-state index in [2.05, 4.69) is 0 Å². The predicted molar refractivity (Wildman–Crippen MR) is 90.1 cm³/mol. The molecule has 1 N–H and O–H groups in total. The van der Waals surface area contributed by atoms with Crippen molar-refractivity contribution in [3.05, 3.63) is 34.9 Å². The van der Waals surface area contributed by atoms with Crippen LogP contribution < -0.4 is 0 Å². The Morgan fingerprint density at radius 3 is 2.54 bits per heavy atom. The lowest BCUT2D eigenvalue weighted by atomic mass is 9.72. The number of carboxylic acid groups (broad SMARTS) is 1. The van der Waals surface area contributed by atoms with Crippen molar-refractivity contribution in [1.82, 2.24) is 4.90 Å². The maximum atomic E-state index is 13.5. The number of rotatable bonds is 3. The molecule has 2 saturated heterocycles. The number of halogens is 1. The molecule has 2 aliphatic rings. The number of carbonyl (C=O) groups excluding carboxylic acids is 1. The van der Waals surface area contributed by atoms with Gasteiger partial charge in [-0.15, -0.1) is 0 Å². The second-order valence-corrected chi connectivity index (χ2v) is 7.05. The molecule has 1 aromatic rings. The molecule has 0 spiro atoms. The summed E-state index contributed by atoms with van der Waals surface area (Å²) in [6.45, 7) is 3.30. The Labute approximate surface area is 146 Å². The Morgan fingerprint density at radius 2 is 1.96 bits per heavy atom. The van der Waals surface area contributed by atoms with Gasteiger partial charge in [0.15, 0.2) is 0 Å². The van der Waals surface area contributed by atoms with Gasteiger partial charge in [-0.25, -0.2) is 0 Å². The van der Waals surface area contributed by atoms with Gasteiger partial charge in [0.1, 0.15) is 0 Å². The van der Waals surface area contributed by atoms with Gasteiger partial charge in [0, 0.05) is 30.8 Å². The first-order valence-corrected chi connectivity index (χ1v) is 8.72. The van der Waals surface area contributed by atoms with Crippen LogP contribution in [0.2, 0.25) is 5.02 Å². The minimum absolute atomic E-state index is 0.0184. The van der Waals surface area contributed by atoms with E-state index in [4.69, 9.17) is 16.3 Å². The van der Waals surface area contributed by atoms with Crippen LogP contribution in [0.3, 0.4) is 0 Å². The highest BCUT2D eigenvalue weighted by Gasteiger charge is 2.49. The SMILES string of the molecule is CC1C(C(=O)O)CCN1C(=O)C1(c2ccccc2Cl)CCOCC1. The number of hydrogen-bond donors (Lipinski definition) is 1. The fourth-order valence-corrected chi connectivity index (χ4v) is 4.32.